The van der Waals surface area contributed by atoms with Crippen molar-refractivity contribution < 1.29 is 4.58 Å². The Balaban J connectivity index is 1.47. The van der Waals surface area contributed by atoms with Gasteiger partial charge in [-0.3, -0.25) is 0 Å². The lowest BCUT2D eigenvalue weighted by molar-refractivity contribution is -0.438. The van der Waals surface area contributed by atoms with Crippen LogP contribution in [0, 0.1) is 0 Å². The molecule has 0 aromatic heterocycles. The fraction of sp³-hybridized carbons (Fsp3) is 0.432. The van der Waals surface area contributed by atoms with Crippen LogP contribution in [-0.2, 0) is 10.8 Å². The van der Waals surface area contributed by atoms with Gasteiger partial charge in [-0.05, 0) is 86.2 Å². The van der Waals surface area contributed by atoms with Crippen LogP contribution in [0.1, 0.15) is 91.2 Å². The highest BCUT2D eigenvalue weighted by Gasteiger charge is 2.44. The summed E-state index contributed by atoms with van der Waals surface area (Å²) in [5.74, 6) is 0. The molecule has 2 aliphatic heterocycles. The average molecular weight is 616 g/mol. The molecule has 5 heteroatoms. The molecule has 0 saturated heterocycles. The van der Waals surface area contributed by atoms with Crippen molar-refractivity contribution in [3.63, 3.8) is 0 Å². The maximum Gasteiger partial charge on any atom is 0.209 e. The first-order valence-electron chi connectivity index (χ1n) is 15.6. The molecule has 2 aromatic carbocycles. The number of nitrogens with zero attached hydrogens (tertiary/aromatic N) is 2. The van der Waals surface area contributed by atoms with E-state index < -0.39 is 0 Å². The van der Waals surface area contributed by atoms with Crippen LogP contribution < -0.4 is 4.90 Å². The summed E-state index contributed by atoms with van der Waals surface area (Å²) < 4.78 is 2.53. The Morgan fingerprint density at radius 1 is 0.810 bits per heavy atom. The maximum absolute atomic E-state index is 5.08. The van der Waals surface area contributed by atoms with Crippen molar-refractivity contribution in [1.29, 1.82) is 0 Å². The molecular weight excluding hydrogens is 569 g/mol. The number of benzene rings is 2. The van der Waals surface area contributed by atoms with Gasteiger partial charge in [0.1, 0.15) is 6.54 Å². The van der Waals surface area contributed by atoms with Gasteiger partial charge in [0.15, 0.2) is 5.71 Å². The highest BCUT2D eigenvalue weighted by atomic mass is 32.1. The molecule has 42 heavy (non-hydrogen) atoms. The van der Waals surface area contributed by atoms with Gasteiger partial charge in [-0.2, -0.15) is 4.58 Å². The predicted octanol–water partition coefficient (Wildman–Crippen LogP) is 10.4. The number of allylic oxidation sites excluding steroid dienone is 7. The molecule has 2 nitrogen and oxygen atoms in total. The van der Waals surface area contributed by atoms with Gasteiger partial charge in [0, 0.05) is 62.2 Å². The van der Waals surface area contributed by atoms with E-state index in [1.165, 1.54) is 70.7 Å². The summed E-state index contributed by atoms with van der Waals surface area (Å²) in [5.41, 5.74) is 10.6. The molecule has 0 N–H and O–H groups in total. The zero-order chi connectivity index (χ0) is 30.2. The molecule has 0 atom stereocenters. The van der Waals surface area contributed by atoms with Crippen LogP contribution in [0.3, 0.4) is 0 Å². The van der Waals surface area contributed by atoms with E-state index in [0.717, 1.165) is 40.6 Å². The second kappa shape index (κ2) is 12.5. The van der Waals surface area contributed by atoms with Gasteiger partial charge in [0.2, 0.25) is 5.69 Å². The van der Waals surface area contributed by atoms with Gasteiger partial charge in [0.25, 0.3) is 0 Å². The predicted molar refractivity (Wildman–Crippen MR) is 191 cm³/mol. The number of fused-ring (bicyclic) bond motifs is 2. The standard InChI is InChI=1S/C37H46N2S3/c1-7-9-21-38-31-17-15-27(40)23-29(31)36(3,4)33(38)19-13-25-11-12-26(35(25)42)14-20-34-37(5,6)30-24-28(41)16-18-32(30)39(34)22-10-8-2/h13-20,23-24,40-41H,7-12,21-22H2,1-6H3/p+1/b25-13?,33-19+. The van der Waals surface area contributed by atoms with E-state index in [0.29, 0.717) is 0 Å². The lowest BCUT2D eigenvalue weighted by atomic mass is 9.81. The van der Waals surface area contributed by atoms with Crippen molar-refractivity contribution in [3.05, 3.63) is 93.6 Å². The summed E-state index contributed by atoms with van der Waals surface area (Å²) in [6.45, 7) is 16.0. The van der Waals surface area contributed by atoms with E-state index >= 15 is 0 Å². The first-order valence-corrected chi connectivity index (χ1v) is 17.0. The molecule has 3 aliphatic rings. The molecule has 0 fully saturated rings. The third kappa shape index (κ3) is 5.74. The lowest BCUT2D eigenvalue weighted by Crippen LogP contribution is -2.28. The van der Waals surface area contributed by atoms with Crippen LogP contribution in [0.2, 0.25) is 0 Å². The molecule has 2 aromatic rings. The molecule has 5 rings (SSSR count). The quantitative estimate of drug-likeness (QED) is 0.187. The Bertz CT molecular complexity index is 1530. The fourth-order valence-electron chi connectivity index (χ4n) is 6.84. The number of anilines is 1. The third-order valence-electron chi connectivity index (χ3n) is 9.38. The highest BCUT2D eigenvalue weighted by molar-refractivity contribution is 7.84. The second-order valence-electron chi connectivity index (χ2n) is 13.0. The largest absolute Gasteiger partial charge is 0.344 e. The Morgan fingerprint density at radius 3 is 2.21 bits per heavy atom. The zero-order valence-electron chi connectivity index (χ0n) is 26.2. The highest BCUT2D eigenvalue weighted by Crippen LogP contribution is 2.49. The van der Waals surface area contributed by atoms with E-state index in [-0.39, 0.29) is 10.8 Å². The summed E-state index contributed by atoms with van der Waals surface area (Å²) >= 11 is 14.4. The van der Waals surface area contributed by atoms with E-state index in [1.807, 2.05) is 0 Å². The minimum Gasteiger partial charge on any atom is -0.344 e. The molecular formula is C37H47N2S3+. The van der Waals surface area contributed by atoms with Crippen molar-refractivity contribution >= 4 is 55.0 Å². The van der Waals surface area contributed by atoms with Crippen molar-refractivity contribution in [2.75, 3.05) is 18.0 Å². The zero-order valence-corrected chi connectivity index (χ0v) is 28.8. The van der Waals surface area contributed by atoms with Crippen molar-refractivity contribution in [1.82, 2.24) is 0 Å². The molecule has 1 aliphatic carbocycles. The molecule has 0 unspecified atom stereocenters. The van der Waals surface area contributed by atoms with Crippen molar-refractivity contribution in [3.8, 4) is 0 Å². The van der Waals surface area contributed by atoms with Crippen LogP contribution in [0.5, 0.6) is 0 Å². The van der Waals surface area contributed by atoms with Gasteiger partial charge in [-0.15, -0.1) is 37.9 Å². The smallest absolute Gasteiger partial charge is 0.209 e. The Kier molecular flexibility index (Phi) is 9.33. The summed E-state index contributed by atoms with van der Waals surface area (Å²) in [5, 5.41) is 0. The molecule has 0 saturated carbocycles. The number of hydrogen-bond donors (Lipinski definition) is 3. The number of thiol groups is 3. The van der Waals surface area contributed by atoms with Gasteiger partial charge in [-0.1, -0.05) is 52.7 Å². The molecule has 0 bridgehead atoms. The van der Waals surface area contributed by atoms with Gasteiger partial charge in [-0.25, -0.2) is 0 Å². The monoisotopic (exact) mass is 615 g/mol. The Hall–Kier alpha value is -2.08. The van der Waals surface area contributed by atoms with E-state index in [2.05, 4.69) is 137 Å². The van der Waals surface area contributed by atoms with E-state index in [9.17, 15) is 0 Å². The summed E-state index contributed by atoms with van der Waals surface area (Å²) in [7, 11) is 0. The van der Waals surface area contributed by atoms with Crippen LogP contribution in [0.4, 0.5) is 11.4 Å². The lowest BCUT2D eigenvalue weighted by Gasteiger charge is -2.27. The first kappa shape index (κ1) is 31.3. The second-order valence-corrected chi connectivity index (χ2v) is 14.5. The van der Waals surface area contributed by atoms with Gasteiger partial charge in [0.05, 0.1) is 5.41 Å². The molecule has 0 amide bonds. The SMILES string of the molecule is CCCCN1/C(=C/C=C2CCC(C=CC3=[N+](CCCC)c4ccc(S)cc4C3(C)C)=C2S)C(C)(C)c2cc(S)ccc21. The average Bonchev–Trinajstić information content (AvgIpc) is 3.48. The topological polar surface area (TPSA) is 6.25 Å². The molecule has 2 heterocycles. The Morgan fingerprint density at radius 2 is 1.50 bits per heavy atom. The van der Waals surface area contributed by atoms with E-state index in [4.69, 9.17) is 12.6 Å². The maximum atomic E-state index is 5.08. The van der Waals surface area contributed by atoms with Gasteiger partial charge < -0.3 is 4.90 Å². The van der Waals surface area contributed by atoms with Crippen LogP contribution in [0.25, 0.3) is 0 Å². The van der Waals surface area contributed by atoms with Crippen LogP contribution in [-0.4, -0.2) is 23.4 Å². The minimum atomic E-state index is -0.0742. The molecule has 0 spiro atoms. The normalized spacial score (nSPS) is 21.0. The summed E-state index contributed by atoms with van der Waals surface area (Å²) in [6.07, 6.45) is 16.1. The summed E-state index contributed by atoms with van der Waals surface area (Å²) in [6, 6.07) is 13.2. The number of unbranched alkanes of at least 4 members (excludes halogenated alkanes) is 2. The van der Waals surface area contributed by atoms with Gasteiger partial charge >= 0.3 is 0 Å². The summed E-state index contributed by atoms with van der Waals surface area (Å²) in [4.78, 5) is 5.70. The number of rotatable bonds is 9. The van der Waals surface area contributed by atoms with Crippen LogP contribution >= 0.6 is 37.9 Å². The van der Waals surface area contributed by atoms with Crippen molar-refractivity contribution in [2.24, 2.45) is 0 Å². The minimum absolute atomic E-state index is 0.0742. The van der Waals surface area contributed by atoms with Crippen molar-refractivity contribution in [2.45, 2.75) is 101 Å². The molecule has 222 valence electrons. The van der Waals surface area contributed by atoms with Crippen LogP contribution in [0.15, 0.2) is 92.2 Å². The van der Waals surface area contributed by atoms with E-state index in [1.54, 1.807) is 0 Å². The Labute approximate surface area is 270 Å². The first-order chi connectivity index (χ1) is 20.0. The number of hydrogen-bond acceptors (Lipinski definition) is 4. The fourth-order valence-corrected chi connectivity index (χ4v) is 7.62. The molecule has 0 radical (unpaired) electrons. The third-order valence-corrected chi connectivity index (χ3v) is 10.5.